The maximum Gasteiger partial charge on any atom is 0.318 e. The summed E-state index contributed by atoms with van der Waals surface area (Å²) < 4.78 is 5.38. The predicted molar refractivity (Wildman–Crippen MR) is 73.8 cm³/mol. The van der Waals surface area contributed by atoms with Crippen molar-refractivity contribution in [2.75, 3.05) is 32.7 Å². The van der Waals surface area contributed by atoms with Gasteiger partial charge in [-0.15, -0.1) is 0 Å². The van der Waals surface area contributed by atoms with Crippen LogP contribution in [0.2, 0.25) is 0 Å². The number of carbonyl (C=O) groups is 2. The summed E-state index contributed by atoms with van der Waals surface area (Å²) in [5.74, 6) is 0.333. The minimum absolute atomic E-state index is 0.0153. The Morgan fingerprint density at radius 2 is 2.10 bits per heavy atom. The van der Waals surface area contributed by atoms with Gasteiger partial charge in [0.2, 0.25) is 5.89 Å². The van der Waals surface area contributed by atoms with Crippen LogP contribution in [0.1, 0.15) is 24.6 Å². The van der Waals surface area contributed by atoms with E-state index < -0.39 is 5.97 Å². The number of hydrogen-bond donors (Lipinski definition) is 2. The number of aryl methyl sites for hydroxylation is 1. The zero-order valence-electron chi connectivity index (χ0n) is 12.2. The number of aromatic nitrogens is 1. The first kappa shape index (κ1) is 15.3. The van der Waals surface area contributed by atoms with Gasteiger partial charge in [0.05, 0.1) is 12.7 Å². The number of rotatable bonds is 4. The monoisotopic (exact) mass is 296 g/mol. The smallest absolute Gasteiger partial charge is 0.318 e. The number of nitrogens with one attached hydrogen (secondary N) is 1. The zero-order chi connectivity index (χ0) is 15.4. The van der Waals surface area contributed by atoms with E-state index in [0.29, 0.717) is 37.8 Å². The van der Waals surface area contributed by atoms with Crippen molar-refractivity contribution in [3.8, 4) is 0 Å². The first-order valence-corrected chi connectivity index (χ1v) is 6.87. The van der Waals surface area contributed by atoms with Crippen molar-refractivity contribution in [3.05, 3.63) is 17.8 Å². The standard InChI is InChI=1S/C13H20N4O4/c1-9-7-14-12(21-9)10(2)15-13(20)17-5-3-16(4-6-17)8-11(18)19/h7,10H,3-6,8H2,1-2H3,(H,15,20)(H,18,19). The average molecular weight is 296 g/mol. The van der Waals surface area contributed by atoms with Crippen LogP contribution in [-0.2, 0) is 4.79 Å². The Balaban J connectivity index is 1.80. The first-order valence-electron chi connectivity index (χ1n) is 6.87. The molecule has 1 unspecified atom stereocenters. The second-order valence-corrected chi connectivity index (χ2v) is 5.14. The molecule has 1 fully saturated rings. The minimum Gasteiger partial charge on any atom is -0.480 e. The van der Waals surface area contributed by atoms with E-state index in [0.717, 1.165) is 0 Å². The molecule has 116 valence electrons. The maximum atomic E-state index is 12.1. The van der Waals surface area contributed by atoms with Crippen molar-refractivity contribution < 1.29 is 19.1 Å². The number of nitrogens with zero attached hydrogens (tertiary/aromatic N) is 3. The van der Waals surface area contributed by atoms with Crippen LogP contribution < -0.4 is 5.32 Å². The molecule has 1 aromatic rings. The molecule has 2 heterocycles. The van der Waals surface area contributed by atoms with Crippen LogP contribution in [0.4, 0.5) is 4.79 Å². The Morgan fingerprint density at radius 3 is 2.62 bits per heavy atom. The highest BCUT2D eigenvalue weighted by molar-refractivity contribution is 5.74. The van der Waals surface area contributed by atoms with Gasteiger partial charge in [-0.2, -0.15) is 0 Å². The third-order valence-electron chi connectivity index (χ3n) is 3.37. The molecule has 0 aliphatic carbocycles. The molecule has 0 bridgehead atoms. The topological polar surface area (TPSA) is 98.9 Å². The number of amides is 2. The Morgan fingerprint density at radius 1 is 1.43 bits per heavy atom. The third kappa shape index (κ3) is 4.19. The number of aliphatic carboxylic acids is 1. The van der Waals surface area contributed by atoms with E-state index in [-0.39, 0.29) is 18.6 Å². The van der Waals surface area contributed by atoms with E-state index >= 15 is 0 Å². The first-order chi connectivity index (χ1) is 9.95. The van der Waals surface area contributed by atoms with Crippen molar-refractivity contribution in [1.82, 2.24) is 20.1 Å². The summed E-state index contributed by atoms with van der Waals surface area (Å²) in [6.07, 6.45) is 1.61. The van der Waals surface area contributed by atoms with Crippen molar-refractivity contribution in [1.29, 1.82) is 0 Å². The number of piperazine rings is 1. The minimum atomic E-state index is -0.846. The van der Waals surface area contributed by atoms with Gasteiger partial charge in [0.25, 0.3) is 0 Å². The maximum absolute atomic E-state index is 12.1. The van der Waals surface area contributed by atoms with Crippen LogP contribution in [0.15, 0.2) is 10.6 Å². The fraction of sp³-hybridized carbons (Fsp3) is 0.615. The molecular weight excluding hydrogens is 276 g/mol. The SMILES string of the molecule is Cc1cnc(C(C)NC(=O)N2CCN(CC(=O)O)CC2)o1. The van der Waals surface area contributed by atoms with E-state index in [1.165, 1.54) is 0 Å². The molecular formula is C13H20N4O4. The van der Waals surface area contributed by atoms with Gasteiger partial charge in [0.1, 0.15) is 11.8 Å². The number of hydrogen-bond acceptors (Lipinski definition) is 5. The molecule has 1 aliphatic rings. The number of urea groups is 1. The highest BCUT2D eigenvalue weighted by Crippen LogP contribution is 2.12. The van der Waals surface area contributed by atoms with Gasteiger partial charge in [0.15, 0.2) is 0 Å². The highest BCUT2D eigenvalue weighted by atomic mass is 16.4. The highest BCUT2D eigenvalue weighted by Gasteiger charge is 2.24. The summed E-state index contributed by atoms with van der Waals surface area (Å²) in [5.41, 5.74) is 0. The van der Waals surface area contributed by atoms with Crippen LogP contribution in [-0.4, -0.2) is 64.6 Å². The lowest BCUT2D eigenvalue weighted by Gasteiger charge is -2.34. The van der Waals surface area contributed by atoms with Gasteiger partial charge >= 0.3 is 12.0 Å². The van der Waals surface area contributed by atoms with Crippen molar-refractivity contribution >= 4 is 12.0 Å². The Bertz CT molecular complexity index is 508. The Hall–Kier alpha value is -2.09. The number of oxazole rings is 1. The summed E-state index contributed by atoms with van der Waals surface area (Å²) in [5, 5.41) is 11.6. The summed E-state index contributed by atoms with van der Waals surface area (Å²) >= 11 is 0. The molecule has 0 aromatic carbocycles. The van der Waals surface area contributed by atoms with Crippen LogP contribution >= 0.6 is 0 Å². The lowest BCUT2D eigenvalue weighted by Crippen LogP contribution is -2.52. The molecule has 2 N–H and O–H groups in total. The summed E-state index contributed by atoms with van der Waals surface area (Å²) in [4.78, 5) is 30.3. The van der Waals surface area contributed by atoms with Crippen molar-refractivity contribution in [2.45, 2.75) is 19.9 Å². The fourth-order valence-corrected chi connectivity index (χ4v) is 2.21. The molecule has 1 atom stereocenters. The molecule has 21 heavy (non-hydrogen) atoms. The molecule has 2 rings (SSSR count). The second kappa shape index (κ2) is 6.57. The summed E-state index contributed by atoms with van der Waals surface area (Å²) in [6.45, 7) is 5.77. The molecule has 1 aliphatic heterocycles. The lowest BCUT2D eigenvalue weighted by atomic mass is 10.3. The fourth-order valence-electron chi connectivity index (χ4n) is 2.21. The quantitative estimate of drug-likeness (QED) is 0.837. The van der Waals surface area contributed by atoms with Crippen LogP contribution in [0, 0.1) is 6.92 Å². The number of carboxylic acids is 1. The second-order valence-electron chi connectivity index (χ2n) is 5.14. The van der Waals surface area contributed by atoms with Crippen LogP contribution in [0.3, 0.4) is 0 Å². The number of carbonyl (C=O) groups excluding carboxylic acids is 1. The Labute approximate surface area is 122 Å². The van der Waals surface area contributed by atoms with Crippen LogP contribution in [0.5, 0.6) is 0 Å². The number of carboxylic acid groups (broad SMARTS) is 1. The van der Waals surface area contributed by atoms with E-state index in [1.807, 2.05) is 11.8 Å². The van der Waals surface area contributed by atoms with E-state index in [9.17, 15) is 9.59 Å². The molecule has 8 heteroatoms. The third-order valence-corrected chi connectivity index (χ3v) is 3.37. The van der Waals surface area contributed by atoms with Gasteiger partial charge in [-0.25, -0.2) is 9.78 Å². The van der Waals surface area contributed by atoms with Gasteiger partial charge in [-0.05, 0) is 13.8 Å². The zero-order valence-corrected chi connectivity index (χ0v) is 12.2. The Kier molecular flexibility index (Phi) is 4.79. The van der Waals surface area contributed by atoms with Crippen LogP contribution in [0.25, 0.3) is 0 Å². The summed E-state index contributed by atoms with van der Waals surface area (Å²) in [7, 11) is 0. The molecule has 0 radical (unpaired) electrons. The van der Waals surface area contributed by atoms with Crippen molar-refractivity contribution in [3.63, 3.8) is 0 Å². The van der Waals surface area contributed by atoms with E-state index in [2.05, 4.69) is 10.3 Å². The molecule has 8 nitrogen and oxygen atoms in total. The average Bonchev–Trinajstić information content (AvgIpc) is 2.85. The van der Waals surface area contributed by atoms with E-state index in [4.69, 9.17) is 9.52 Å². The predicted octanol–water partition coefficient (Wildman–Crippen LogP) is 0.456. The van der Waals surface area contributed by atoms with Crippen molar-refractivity contribution in [2.24, 2.45) is 0 Å². The van der Waals surface area contributed by atoms with Gasteiger partial charge in [-0.1, -0.05) is 0 Å². The van der Waals surface area contributed by atoms with Gasteiger partial charge in [-0.3, -0.25) is 9.69 Å². The normalized spacial score (nSPS) is 17.5. The molecule has 1 saturated heterocycles. The molecule has 0 saturated carbocycles. The van der Waals surface area contributed by atoms with Gasteiger partial charge in [0, 0.05) is 26.2 Å². The summed E-state index contributed by atoms with van der Waals surface area (Å²) in [6, 6.07) is -0.489. The molecule has 1 aromatic heterocycles. The molecule has 0 spiro atoms. The van der Waals surface area contributed by atoms with E-state index in [1.54, 1.807) is 18.0 Å². The molecule has 2 amide bonds. The van der Waals surface area contributed by atoms with Gasteiger partial charge < -0.3 is 19.7 Å². The lowest BCUT2D eigenvalue weighted by molar-refractivity contribution is -0.138. The largest absolute Gasteiger partial charge is 0.480 e.